The van der Waals surface area contributed by atoms with Gasteiger partial charge in [-0.05, 0) is 38.5 Å². The van der Waals surface area contributed by atoms with Crippen LogP contribution >= 0.6 is 0 Å². The Bertz CT molecular complexity index is 709. The van der Waals surface area contributed by atoms with Crippen molar-refractivity contribution in [3.63, 3.8) is 0 Å². The lowest BCUT2D eigenvalue weighted by molar-refractivity contribution is 0.102. The van der Waals surface area contributed by atoms with Crippen LogP contribution in [0.3, 0.4) is 0 Å². The Labute approximate surface area is 117 Å². The molecular formula is C15H17N3O2. The predicted molar refractivity (Wildman–Crippen MR) is 78.1 cm³/mol. The topological polar surface area (TPSA) is 64.0 Å². The molecule has 0 bridgehead atoms. The fourth-order valence-electron chi connectivity index (χ4n) is 2.09. The number of hydrogen-bond donors (Lipinski definition) is 1. The Morgan fingerprint density at radius 3 is 2.55 bits per heavy atom. The third-order valence-electron chi connectivity index (χ3n) is 3.13. The minimum absolute atomic E-state index is 0.215. The van der Waals surface area contributed by atoms with Gasteiger partial charge in [-0.1, -0.05) is 0 Å². The van der Waals surface area contributed by atoms with Gasteiger partial charge in [0.1, 0.15) is 0 Å². The molecule has 0 saturated heterocycles. The highest BCUT2D eigenvalue weighted by molar-refractivity contribution is 6.04. The second kappa shape index (κ2) is 5.28. The largest absolute Gasteiger partial charge is 0.320 e. The number of carbonyl (C=O) groups excluding carboxylic acids is 1. The number of aryl methyl sites for hydroxylation is 4. The summed E-state index contributed by atoms with van der Waals surface area (Å²) >= 11 is 0. The van der Waals surface area contributed by atoms with Crippen LogP contribution in [0.2, 0.25) is 0 Å². The van der Waals surface area contributed by atoms with Gasteiger partial charge in [-0.3, -0.25) is 14.6 Å². The summed E-state index contributed by atoms with van der Waals surface area (Å²) in [7, 11) is 1.64. The van der Waals surface area contributed by atoms with Crippen LogP contribution in [0.15, 0.2) is 29.2 Å². The molecule has 0 atom stereocenters. The number of anilines is 1. The molecule has 1 N–H and O–H groups in total. The van der Waals surface area contributed by atoms with E-state index >= 15 is 0 Å². The van der Waals surface area contributed by atoms with E-state index in [-0.39, 0.29) is 11.5 Å². The zero-order chi connectivity index (χ0) is 14.9. The molecule has 0 aliphatic rings. The van der Waals surface area contributed by atoms with Gasteiger partial charge in [-0.2, -0.15) is 0 Å². The third-order valence-corrected chi connectivity index (χ3v) is 3.13. The molecular weight excluding hydrogens is 254 g/mol. The van der Waals surface area contributed by atoms with Gasteiger partial charge in [-0.25, -0.2) is 0 Å². The standard InChI is InChI=1S/C15H17N3O2/c1-9-7-10(2)16-11(3)14(9)17-15(20)12-5-6-18(4)13(19)8-12/h5-8H,1-4H3,(H,17,20). The number of nitrogens with zero attached hydrogens (tertiary/aromatic N) is 2. The maximum atomic E-state index is 12.2. The molecule has 0 aromatic carbocycles. The van der Waals surface area contributed by atoms with Crippen molar-refractivity contribution in [3.8, 4) is 0 Å². The van der Waals surface area contributed by atoms with E-state index in [1.165, 1.54) is 10.6 Å². The van der Waals surface area contributed by atoms with Gasteiger partial charge >= 0.3 is 0 Å². The molecule has 0 unspecified atom stereocenters. The van der Waals surface area contributed by atoms with Gasteiger partial charge in [0.25, 0.3) is 11.5 Å². The van der Waals surface area contributed by atoms with E-state index in [2.05, 4.69) is 10.3 Å². The molecule has 5 heteroatoms. The van der Waals surface area contributed by atoms with E-state index in [1.54, 1.807) is 19.3 Å². The van der Waals surface area contributed by atoms with Crippen molar-refractivity contribution >= 4 is 11.6 Å². The van der Waals surface area contributed by atoms with Crippen LogP contribution < -0.4 is 10.9 Å². The SMILES string of the molecule is Cc1cc(C)c(NC(=O)c2ccn(C)c(=O)c2)c(C)n1. The Hall–Kier alpha value is -2.43. The summed E-state index contributed by atoms with van der Waals surface area (Å²) in [6.07, 6.45) is 1.57. The van der Waals surface area contributed by atoms with Gasteiger partial charge in [0.2, 0.25) is 0 Å². The zero-order valence-corrected chi connectivity index (χ0v) is 12.0. The highest BCUT2D eigenvalue weighted by Crippen LogP contribution is 2.19. The molecule has 0 radical (unpaired) electrons. The molecule has 0 aliphatic heterocycles. The Balaban J connectivity index is 2.32. The van der Waals surface area contributed by atoms with Crippen LogP contribution in [0.1, 0.15) is 27.3 Å². The number of pyridine rings is 2. The van der Waals surface area contributed by atoms with Gasteiger partial charge in [0.15, 0.2) is 0 Å². The number of amides is 1. The molecule has 0 spiro atoms. The first-order valence-corrected chi connectivity index (χ1v) is 6.31. The average Bonchev–Trinajstić information content (AvgIpc) is 2.36. The fourth-order valence-corrected chi connectivity index (χ4v) is 2.09. The van der Waals surface area contributed by atoms with E-state index in [4.69, 9.17) is 0 Å². The maximum Gasteiger partial charge on any atom is 0.255 e. The van der Waals surface area contributed by atoms with Crippen molar-refractivity contribution in [1.82, 2.24) is 9.55 Å². The first-order chi connectivity index (χ1) is 9.38. The van der Waals surface area contributed by atoms with Gasteiger partial charge in [0, 0.05) is 30.6 Å². The third kappa shape index (κ3) is 2.77. The summed E-state index contributed by atoms with van der Waals surface area (Å²) in [6, 6.07) is 4.84. The smallest absolute Gasteiger partial charge is 0.255 e. The van der Waals surface area contributed by atoms with Crippen LogP contribution in [0.5, 0.6) is 0 Å². The molecule has 0 saturated carbocycles. The predicted octanol–water partition coefficient (Wildman–Crippen LogP) is 1.96. The average molecular weight is 271 g/mol. The van der Waals surface area contributed by atoms with Gasteiger partial charge in [-0.15, -0.1) is 0 Å². The Kier molecular flexibility index (Phi) is 3.70. The lowest BCUT2D eigenvalue weighted by Crippen LogP contribution is -2.20. The number of hydrogen-bond acceptors (Lipinski definition) is 3. The molecule has 2 heterocycles. The summed E-state index contributed by atoms with van der Waals surface area (Å²) in [5, 5.41) is 2.82. The van der Waals surface area contributed by atoms with Crippen molar-refractivity contribution in [3.05, 3.63) is 57.3 Å². The number of nitrogens with one attached hydrogen (secondary N) is 1. The highest BCUT2D eigenvalue weighted by atomic mass is 16.2. The molecule has 0 fully saturated rings. The monoisotopic (exact) mass is 271 g/mol. The molecule has 2 aromatic heterocycles. The number of carbonyl (C=O) groups is 1. The van der Waals surface area contributed by atoms with Crippen molar-refractivity contribution in [2.75, 3.05) is 5.32 Å². The minimum Gasteiger partial charge on any atom is -0.320 e. The van der Waals surface area contributed by atoms with Crippen LogP contribution in [-0.2, 0) is 7.05 Å². The number of aromatic nitrogens is 2. The summed E-state index contributed by atoms with van der Waals surface area (Å²) in [5.74, 6) is -0.306. The molecule has 20 heavy (non-hydrogen) atoms. The lowest BCUT2D eigenvalue weighted by Gasteiger charge is -2.12. The lowest BCUT2D eigenvalue weighted by atomic mass is 10.1. The van der Waals surface area contributed by atoms with Crippen molar-refractivity contribution < 1.29 is 4.79 Å². The molecule has 2 aromatic rings. The normalized spacial score (nSPS) is 10.4. The van der Waals surface area contributed by atoms with Crippen molar-refractivity contribution in [1.29, 1.82) is 0 Å². The summed E-state index contributed by atoms with van der Waals surface area (Å²) in [6.45, 7) is 5.67. The van der Waals surface area contributed by atoms with E-state index in [1.807, 2.05) is 26.8 Å². The molecule has 104 valence electrons. The molecule has 0 aliphatic carbocycles. The first-order valence-electron chi connectivity index (χ1n) is 6.31. The first kappa shape index (κ1) is 14.0. The van der Waals surface area contributed by atoms with Crippen molar-refractivity contribution in [2.24, 2.45) is 7.05 Å². The Morgan fingerprint density at radius 1 is 1.25 bits per heavy atom. The van der Waals surface area contributed by atoms with E-state index < -0.39 is 0 Å². The van der Waals surface area contributed by atoms with Crippen LogP contribution in [0.25, 0.3) is 0 Å². The van der Waals surface area contributed by atoms with Crippen LogP contribution in [-0.4, -0.2) is 15.5 Å². The van der Waals surface area contributed by atoms with Crippen LogP contribution in [0, 0.1) is 20.8 Å². The van der Waals surface area contributed by atoms with Gasteiger partial charge < -0.3 is 9.88 Å². The zero-order valence-electron chi connectivity index (χ0n) is 12.0. The molecule has 2 rings (SSSR count). The fraction of sp³-hybridized carbons (Fsp3) is 0.267. The van der Waals surface area contributed by atoms with Gasteiger partial charge in [0.05, 0.1) is 11.4 Å². The molecule has 1 amide bonds. The quantitative estimate of drug-likeness (QED) is 0.908. The summed E-state index contributed by atoms with van der Waals surface area (Å²) in [5.41, 5.74) is 3.44. The maximum absolute atomic E-state index is 12.2. The summed E-state index contributed by atoms with van der Waals surface area (Å²) in [4.78, 5) is 28.1. The van der Waals surface area contributed by atoms with E-state index in [0.29, 0.717) is 11.3 Å². The molecule has 5 nitrogen and oxygen atoms in total. The summed E-state index contributed by atoms with van der Waals surface area (Å²) < 4.78 is 1.42. The Morgan fingerprint density at radius 2 is 1.95 bits per heavy atom. The minimum atomic E-state index is -0.306. The van der Waals surface area contributed by atoms with Crippen LogP contribution in [0.4, 0.5) is 5.69 Å². The highest BCUT2D eigenvalue weighted by Gasteiger charge is 2.11. The second-order valence-corrected chi connectivity index (χ2v) is 4.86. The number of rotatable bonds is 2. The van der Waals surface area contributed by atoms with E-state index in [9.17, 15) is 9.59 Å². The van der Waals surface area contributed by atoms with Crippen molar-refractivity contribution in [2.45, 2.75) is 20.8 Å². The van der Waals surface area contributed by atoms with E-state index in [0.717, 1.165) is 17.0 Å². The second-order valence-electron chi connectivity index (χ2n) is 4.86.